The summed E-state index contributed by atoms with van der Waals surface area (Å²) in [5, 5.41) is 10.7. The molecule has 1 aromatic heterocycles. The number of rotatable bonds is 3. The molecule has 1 saturated carbocycles. The molecule has 2 fully saturated rings. The van der Waals surface area contributed by atoms with Gasteiger partial charge in [0.1, 0.15) is 6.04 Å². The Hall–Kier alpha value is -0.940. The van der Waals surface area contributed by atoms with Gasteiger partial charge in [0.15, 0.2) is 0 Å². The van der Waals surface area contributed by atoms with Crippen LogP contribution >= 0.6 is 11.3 Å². The molecule has 1 aliphatic heterocycles. The van der Waals surface area contributed by atoms with E-state index in [0.717, 1.165) is 23.5 Å². The molecule has 4 unspecified atom stereocenters. The molecule has 4 nitrogen and oxygen atoms in total. The highest BCUT2D eigenvalue weighted by molar-refractivity contribution is 7.11. The van der Waals surface area contributed by atoms with Gasteiger partial charge in [-0.05, 0) is 46.0 Å². The highest BCUT2D eigenvalue weighted by Crippen LogP contribution is 2.44. The number of nitrogens with zero attached hydrogens (tertiary/aromatic N) is 2. The van der Waals surface area contributed by atoms with Gasteiger partial charge < -0.3 is 5.11 Å². The Bertz CT molecular complexity index is 542. The molecule has 0 spiro atoms. The number of carboxylic acid groups (broad SMARTS) is 1. The first-order valence-electron chi connectivity index (χ1n) is 7.93. The fourth-order valence-electron chi connectivity index (χ4n) is 4.35. The number of aromatic nitrogens is 1. The van der Waals surface area contributed by atoms with Crippen LogP contribution in [0.5, 0.6) is 0 Å². The molecular formula is C16H24N2O2S. The largest absolute Gasteiger partial charge is 0.480 e. The van der Waals surface area contributed by atoms with Gasteiger partial charge in [0.2, 0.25) is 0 Å². The van der Waals surface area contributed by atoms with E-state index in [1.54, 1.807) is 11.3 Å². The molecule has 21 heavy (non-hydrogen) atoms. The van der Waals surface area contributed by atoms with Crippen molar-refractivity contribution in [3.8, 4) is 0 Å². The summed E-state index contributed by atoms with van der Waals surface area (Å²) in [6.07, 6.45) is 5.62. The molecule has 5 heteroatoms. The van der Waals surface area contributed by atoms with Crippen LogP contribution in [0.2, 0.25) is 0 Å². The third-order valence-corrected chi connectivity index (χ3v) is 6.11. The lowest BCUT2D eigenvalue weighted by Crippen LogP contribution is -2.44. The van der Waals surface area contributed by atoms with Crippen LogP contribution in [0.3, 0.4) is 0 Å². The minimum atomic E-state index is -0.666. The van der Waals surface area contributed by atoms with E-state index in [1.165, 1.54) is 24.1 Å². The van der Waals surface area contributed by atoms with E-state index in [-0.39, 0.29) is 12.1 Å². The number of carboxylic acids is 1. The first kappa shape index (κ1) is 15.0. The van der Waals surface area contributed by atoms with Gasteiger partial charge in [0, 0.05) is 10.9 Å². The first-order valence-corrected chi connectivity index (χ1v) is 8.75. The normalized spacial score (nSPS) is 31.1. The quantitative estimate of drug-likeness (QED) is 0.928. The number of fused-ring (bicyclic) bond motifs is 1. The van der Waals surface area contributed by atoms with E-state index < -0.39 is 5.97 Å². The van der Waals surface area contributed by atoms with Crippen molar-refractivity contribution in [2.45, 2.75) is 71.0 Å². The minimum Gasteiger partial charge on any atom is -0.480 e. The van der Waals surface area contributed by atoms with Crippen LogP contribution in [0.4, 0.5) is 0 Å². The molecule has 1 saturated heterocycles. The van der Waals surface area contributed by atoms with Crippen molar-refractivity contribution in [2.75, 3.05) is 0 Å². The van der Waals surface area contributed by atoms with Crippen LogP contribution in [0.1, 0.15) is 60.6 Å². The summed E-state index contributed by atoms with van der Waals surface area (Å²) < 4.78 is 0. The van der Waals surface area contributed by atoms with Gasteiger partial charge in [-0.1, -0.05) is 12.8 Å². The zero-order chi connectivity index (χ0) is 15.1. The van der Waals surface area contributed by atoms with Crippen molar-refractivity contribution in [3.63, 3.8) is 0 Å². The predicted octanol–water partition coefficient (Wildman–Crippen LogP) is 3.54. The van der Waals surface area contributed by atoms with Crippen LogP contribution in [0.25, 0.3) is 0 Å². The van der Waals surface area contributed by atoms with Gasteiger partial charge in [0.25, 0.3) is 0 Å². The van der Waals surface area contributed by atoms with Gasteiger partial charge >= 0.3 is 5.97 Å². The zero-order valence-electron chi connectivity index (χ0n) is 13.0. The van der Waals surface area contributed by atoms with Crippen molar-refractivity contribution in [1.29, 1.82) is 0 Å². The Labute approximate surface area is 130 Å². The summed E-state index contributed by atoms with van der Waals surface area (Å²) in [4.78, 5) is 19.9. The van der Waals surface area contributed by atoms with Gasteiger partial charge in [-0.3, -0.25) is 9.69 Å². The SMILES string of the molecule is Cc1nc(C(C)N2C(C(=O)O)CC3CCCCC32)c(C)s1. The van der Waals surface area contributed by atoms with Crippen molar-refractivity contribution in [3.05, 3.63) is 15.6 Å². The highest BCUT2D eigenvalue weighted by Gasteiger charge is 2.47. The third kappa shape index (κ3) is 2.61. The summed E-state index contributed by atoms with van der Waals surface area (Å²) in [5.41, 5.74) is 1.08. The maximum absolute atomic E-state index is 11.7. The second kappa shape index (κ2) is 5.69. The van der Waals surface area contributed by atoms with Crippen LogP contribution in [-0.2, 0) is 4.79 Å². The molecule has 0 aromatic carbocycles. The number of likely N-dealkylation sites (tertiary alicyclic amines) is 1. The fraction of sp³-hybridized carbons (Fsp3) is 0.750. The summed E-state index contributed by atoms with van der Waals surface area (Å²) in [6.45, 7) is 6.26. The lowest BCUT2D eigenvalue weighted by Gasteiger charge is -2.36. The van der Waals surface area contributed by atoms with Crippen molar-refractivity contribution < 1.29 is 9.90 Å². The Morgan fingerprint density at radius 2 is 2.10 bits per heavy atom. The van der Waals surface area contributed by atoms with Crippen LogP contribution in [-0.4, -0.2) is 33.0 Å². The molecule has 1 aromatic rings. The van der Waals surface area contributed by atoms with E-state index in [4.69, 9.17) is 0 Å². The van der Waals surface area contributed by atoms with E-state index in [0.29, 0.717) is 12.0 Å². The zero-order valence-corrected chi connectivity index (χ0v) is 13.8. The smallest absolute Gasteiger partial charge is 0.320 e. The monoisotopic (exact) mass is 308 g/mol. The minimum absolute atomic E-state index is 0.101. The van der Waals surface area contributed by atoms with Gasteiger partial charge in [-0.2, -0.15) is 0 Å². The second-order valence-electron chi connectivity index (χ2n) is 6.50. The lowest BCUT2D eigenvalue weighted by molar-refractivity contribution is -0.143. The average molecular weight is 308 g/mol. The predicted molar refractivity (Wildman–Crippen MR) is 83.6 cm³/mol. The molecule has 0 amide bonds. The van der Waals surface area contributed by atoms with E-state index in [9.17, 15) is 9.90 Å². The number of hydrogen-bond acceptors (Lipinski definition) is 4. The molecule has 0 radical (unpaired) electrons. The summed E-state index contributed by atoms with van der Waals surface area (Å²) in [6, 6.07) is 0.190. The molecule has 116 valence electrons. The maximum atomic E-state index is 11.7. The van der Waals surface area contributed by atoms with Gasteiger partial charge in [-0.25, -0.2) is 4.98 Å². The Morgan fingerprint density at radius 3 is 2.71 bits per heavy atom. The van der Waals surface area contributed by atoms with E-state index in [1.807, 2.05) is 6.92 Å². The van der Waals surface area contributed by atoms with Crippen molar-refractivity contribution in [1.82, 2.24) is 9.88 Å². The second-order valence-corrected chi connectivity index (χ2v) is 7.91. The Kier molecular flexibility index (Phi) is 4.06. The summed E-state index contributed by atoms with van der Waals surface area (Å²) in [5.74, 6) is -0.108. The fourth-order valence-corrected chi connectivity index (χ4v) is 5.26. The standard InChI is InChI=1S/C16H24N2O2S/c1-9(15-10(2)21-11(3)17-15)18-13-7-5-4-6-12(13)8-14(18)16(19)20/h9,12-14H,4-8H2,1-3H3,(H,19,20). The van der Waals surface area contributed by atoms with Gasteiger partial charge in [0.05, 0.1) is 16.7 Å². The van der Waals surface area contributed by atoms with Crippen LogP contribution < -0.4 is 0 Å². The number of hydrogen-bond donors (Lipinski definition) is 1. The summed E-state index contributed by atoms with van der Waals surface area (Å²) >= 11 is 1.71. The average Bonchev–Trinajstić information content (AvgIpc) is 2.98. The first-order chi connectivity index (χ1) is 9.99. The van der Waals surface area contributed by atoms with Gasteiger partial charge in [-0.15, -0.1) is 11.3 Å². The Balaban J connectivity index is 1.92. The Morgan fingerprint density at radius 1 is 1.38 bits per heavy atom. The third-order valence-electron chi connectivity index (χ3n) is 5.21. The maximum Gasteiger partial charge on any atom is 0.320 e. The van der Waals surface area contributed by atoms with E-state index in [2.05, 4.69) is 23.7 Å². The number of aryl methyl sites for hydroxylation is 2. The molecule has 2 aliphatic rings. The lowest BCUT2D eigenvalue weighted by atomic mass is 9.84. The van der Waals surface area contributed by atoms with Crippen molar-refractivity contribution >= 4 is 17.3 Å². The topological polar surface area (TPSA) is 53.4 Å². The van der Waals surface area contributed by atoms with Crippen LogP contribution in [0, 0.1) is 19.8 Å². The molecule has 3 rings (SSSR count). The molecule has 1 aliphatic carbocycles. The number of carbonyl (C=O) groups is 1. The molecule has 4 atom stereocenters. The van der Waals surface area contributed by atoms with Crippen molar-refractivity contribution in [2.24, 2.45) is 5.92 Å². The molecular weight excluding hydrogens is 284 g/mol. The highest BCUT2D eigenvalue weighted by atomic mass is 32.1. The summed E-state index contributed by atoms with van der Waals surface area (Å²) in [7, 11) is 0. The molecule has 0 bridgehead atoms. The number of aliphatic carboxylic acids is 1. The molecule has 2 heterocycles. The van der Waals surface area contributed by atoms with E-state index >= 15 is 0 Å². The molecule has 1 N–H and O–H groups in total. The number of thiazole rings is 1. The van der Waals surface area contributed by atoms with Crippen LogP contribution in [0.15, 0.2) is 0 Å².